The summed E-state index contributed by atoms with van der Waals surface area (Å²) in [5.74, 6) is 2.38. The summed E-state index contributed by atoms with van der Waals surface area (Å²) in [5, 5.41) is 6.50. The normalized spacial score (nSPS) is 13.4. The molecule has 4 heterocycles. The van der Waals surface area contributed by atoms with Crippen molar-refractivity contribution in [2.24, 2.45) is 12.5 Å². The lowest BCUT2D eigenvalue weighted by Crippen LogP contribution is -2.29. The molecule has 0 radical (unpaired) electrons. The third kappa shape index (κ3) is 4.57. The molecule has 0 unspecified atom stereocenters. The monoisotopic (exact) mass is 596 g/mol. The van der Waals surface area contributed by atoms with E-state index in [1.807, 2.05) is 0 Å². The van der Waals surface area contributed by atoms with E-state index in [0.29, 0.717) is 0 Å². The number of hydrogen-bond donors (Lipinski definition) is 0. The Morgan fingerprint density at radius 2 is 1.40 bits per heavy atom. The van der Waals surface area contributed by atoms with Crippen LogP contribution in [0.25, 0.3) is 60.4 Å². The maximum absolute atomic E-state index is 5.12. The summed E-state index contributed by atoms with van der Waals surface area (Å²) in [6, 6.07) is 16.1. The highest BCUT2D eigenvalue weighted by Gasteiger charge is 2.29. The van der Waals surface area contributed by atoms with Crippen LogP contribution in [0.15, 0.2) is 48.7 Å². The summed E-state index contributed by atoms with van der Waals surface area (Å²) < 4.78 is 4.84. The van der Waals surface area contributed by atoms with Gasteiger partial charge in [0.1, 0.15) is 18.7 Å². The Hall–Kier alpha value is -4.12. The van der Waals surface area contributed by atoms with Gasteiger partial charge in [-0.15, -0.1) is 0 Å². The van der Waals surface area contributed by atoms with E-state index in [9.17, 15) is 0 Å². The molecule has 0 fully saturated rings. The average Bonchev–Trinajstić information content (AvgIpc) is 3.27. The summed E-state index contributed by atoms with van der Waals surface area (Å²) in [6.07, 6.45) is 3.22. The van der Waals surface area contributed by atoms with Crippen LogP contribution in [-0.2, 0) is 24.3 Å². The van der Waals surface area contributed by atoms with Gasteiger partial charge in [0.25, 0.3) is 0 Å². The van der Waals surface area contributed by atoms with Crippen molar-refractivity contribution in [3.63, 3.8) is 0 Å². The number of fused-ring (bicyclic) bond motifs is 5. The van der Waals surface area contributed by atoms with Crippen molar-refractivity contribution in [1.29, 1.82) is 0 Å². The Balaban J connectivity index is 1.71. The number of benzene rings is 3. The second-order valence-electron chi connectivity index (χ2n) is 16.5. The Bertz CT molecular complexity index is 2290. The molecule has 0 aliphatic rings. The van der Waals surface area contributed by atoms with Crippen LogP contribution in [0, 0.1) is 19.3 Å². The summed E-state index contributed by atoms with van der Waals surface area (Å²) in [7, 11) is 2.18. The largest absolute Gasteiger partial charge is 0.307 e. The Kier molecular flexibility index (Phi) is 6.21. The lowest BCUT2D eigenvalue weighted by atomic mass is 9.86. The van der Waals surface area contributed by atoms with Gasteiger partial charge in [-0.3, -0.25) is 0 Å². The highest BCUT2D eigenvalue weighted by atomic mass is 15.1. The van der Waals surface area contributed by atoms with Crippen molar-refractivity contribution in [1.82, 2.24) is 19.4 Å². The third-order valence-corrected chi connectivity index (χ3v) is 9.33. The molecule has 45 heavy (non-hydrogen) atoms. The van der Waals surface area contributed by atoms with Crippen LogP contribution in [-0.4, -0.2) is 19.4 Å². The molecule has 7 aromatic rings. The van der Waals surface area contributed by atoms with Crippen molar-refractivity contribution >= 4 is 49.0 Å². The molecule has 0 bridgehead atoms. The number of hydrogen-bond acceptors (Lipinski definition) is 3. The molecule has 0 aliphatic heterocycles. The molecule has 230 valence electrons. The van der Waals surface area contributed by atoms with Crippen LogP contribution in [0.1, 0.15) is 90.7 Å². The lowest BCUT2D eigenvalue weighted by molar-refractivity contribution is -0.643. The van der Waals surface area contributed by atoms with Gasteiger partial charge in [-0.2, -0.15) is 0 Å². The SMILES string of the molecule is Cc1cc2c3c(CC(C)(C)C)cccc3n3c4cc(-c5nc(C(C)(C)C)nc(C(C)(C)C)n5)cc5cc[n+](C)c(c(c1C)c23)c54. The first-order chi connectivity index (χ1) is 20.9. The fourth-order valence-electron chi connectivity index (χ4n) is 7.05. The van der Waals surface area contributed by atoms with Gasteiger partial charge in [-0.05, 0) is 72.0 Å². The molecule has 0 saturated carbocycles. The van der Waals surface area contributed by atoms with Gasteiger partial charge in [0.05, 0.1) is 27.3 Å². The van der Waals surface area contributed by atoms with E-state index in [1.54, 1.807) is 0 Å². The minimum Gasteiger partial charge on any atom is -0.307 e. The molecule has 0 saturated heterocycles. The first-order valence-corrected chi connectivity index (χ1v) is 16.2. The van der Waals surface area contributed by atoms with Crippen molar-refractivity contribution in [3.05, 3.63) is 77.0 Å². The van der Waals surface area contributed by atoms with Gasteiger partial charge in [0, 0.05) is 33.2 Å². The van der Waals surface area contributed by atoms with Gasteiger partial charge in [-0.25, -0.2) is 19.5 Å². The molecule has 0 spiro atoms. The number of aromatic nitrogens is 5. The first-order valence-electron chi connectivity index (χ1n) is 16.2. The van der Waals surface area contributed by atoms with Crippen LogP contribution in [0.4, 0.5) is 0 Å². The molecule has 7 rings (SSSR count). The quantitative estimate of drug-likeness (QED) is 0.113. The molecule has 5 heteroatoms. The van der Waals surface area contributed by atoms with Crippen molar-refractivity contribution in [3.8, 4) is 11.4 Å². The minimum absolute atomic E-state index is 0.169. The lowest BCUT2D eigenvalue weighted by Gasteiger charge is -2.23. The molecular formula is C40H46N5+. The second kappa shape index (κ2) is 9.45. The summed E-state index contributed by atoms with van der Waals surface area (Å²) >= 11 is 0. The zero-order valence-corrected chi connectivity index (χ0v) is 29.1. The van der Waals surface area contributed by atoms with E-state index in [-0.39, 0.29) is 16.2 Å². The predicted octanol–water partition coefficient (Wildman–Crippen LogP) is 9.47. The fourth-order valence-corrected chi connectivity index (χ4v) is 7.05. The molecule has 0 atom stereocenters. The maximum Gasteiger partial charge on any atom is 0.224 e. The number of pyridine rings is 2. The standard InChI is InChI=1S/C40H46N5/c1-22-18-27-31-25(21-38(3,4)5)14-13-15-28(31)45-29-20-26(35-41-36(39(6,7)8)43-37(42-35)40(9,10)11)19-24-16-17-44(12)34(32(24)29)30(23(22)2)33(27)45/h13-20H,21H2,1-12H3/q+1. The molecule has 4 aromatic heterocycles. The predicted molar refractivity (Wildman–Crippen MR) is 189 cm³/mol. The van der Waals surface area contributed by atoms with Crippen LogP contribution >= 0.6 is 0 Å². The zero-order chi connectivity index (χ0) is 32.4. The van der Waals surface area contributed by atoms with Gasteiger partial charge in [-0.1, -0.05) is 74.4 Å². The van der Waals surface area contributed by atoms with Crippen LogP contribution in [0.5, 0.6) is 0 Å². The van der Waals surface area contributed by atoms with Crippen molar-refractivity contribution < 1.29 is 4.57 Å². The molecular weight excluding hydrogens is 550 g/mol. The van der Waals surface area contributed by atoms with Gasteiger partial charge in [0.15, 0.2) is 12.0 Å². The van der Waals surface area contributed by atoms with Crippen LogP contribution < -0.4 is 4.57 Å². The Labute approximate surface area is 266 Å². The van der Waals surface area contributed by atoms with Gasteiger partial charge >= 0.3 is 0 Å². The average molecular weight is 597 g/mol. The fraction of sp³-hybridized carbons (Fsp3) is 0.400. The zero-order valence-electron chi connectivity index (χ0n) is 29.1. The molecule has 5 nitrogen and oxygen atoms in total. The van der Waals surface area contributed by atoms with E-state index in [1.165, 1.54) is 65.7 Å². The highest BCUT2D eigenvalue weighted by molar-refractivity contribution is 6.26. The highest BCUT2D eigenvalue weighted by Crippen LogP contribution is 2.44. The van der Waals surface area contributed by atoms with E-state index < -0.39 is 0 Å². The second-order valence-corrected chi connectivity index (χ2v) is 16.5. The van der Waals surface area contributed by atoms with E-state index in [2.05, 4.69) is 141 Å². The van der Waals surface area contributed by atoms with Crippen LogP contribution in [0.2, 0.25) is 0 Å². The Morgan fingerprint density at radius 1 is 0.733 bits per heavy atom. The maximum atomic E-state index is 5.12. The molecule has 0 aliphatic carbocycles. The summed E-state index contributed by atoms with van der Waals surface area (Å²) in [6.45, 7) is 24.6. The van der Waals surface area contributed by atoms with E-state index in [4.69, 9.17) is 15.0 Å². The number of aryl methyl sites for hydroxylation is 3. The molecule has 0 amide bonds. The van der Waals surface area contributed by atoms with Gasteiger partial charge < -0.3 is 4.40 Å². The van der Waals surface area contributed by atoms with Crippen molar-refractivity contribution in [2.45, 2.75) is 93.4 Å². The third-order valence-electron chi connectivity index (χ3n) is 9.33. The molecule has 3 aromatic carbocycles. The van der Waals surface area contributed by atoms with Crippen molar-refractivity contribution in [2.75, 3.05) is 0 Å². The van der Waals surface area contributed by atoms with E-state index in [0.717, 1.165) is 29.5 Å². The number of rotatable bonds is 2. The summed E-state index contributed by atoms with van der Waals surface area (Å²) in [4.78, 5) is 15.2. The first kappa shape index (κ1) is 29.6. The van der Waals surface area contributed by atoms with Crippen LogP contribution in [0.3, 0.4) is 0 Å². The summed E-state index contributed by atoms with van der Waals surface area (Å²) in [5.41, 5.74) is 9.86. The number of nitrogens with zero attached hydrogens (tertiary/aromatic N) is 5. The molecule has 0 N–H and O–H groups in total. The van der Waals surface area contributed by atoms with Gasteiger partial charge in [0.2, 0.25) is 5.52 Å². The Morgan fingerprint density at radius 3 is 2.02 bits per heavy atom. The minimum atomic E-state index is -0.204. The smallest absolute Gasteiger partial charge is 0.224 e. The van der Waals surface area contributed by atoms with E-state index >= 15 is 0 Å². The topological polar surface area (TPSA) is 47.0 Å².